The lowest BCUT2D eigenvalue weighted by molar-refractivity contribution is 0.985. The number of aromatic nitrogens is 3. The minimum absolute atomic E-state index is 0.498. The molecule has 0 saturated heterocycles. The van der Waals surface area contributed by atoms with Crippen LogP contribution in [0.3, 0.4) is 0 Å². The van der Waals surface area contributed by atoms with Gasteiger partial charge in [0.1, 0.15) is 12.0 Å². The molecule has 0 saturated carbocycles. The van der Waals surface area contributed by atoms with Gasteiger partial charge in [-0.3, -0.25) is 0 Å². The van der Waals surface area contributed by atoms with Gasteiger partial charge in [0.2, 0.25) is 0 Å². The van der Waals surface area contributed by atoms with E-state index in [1.54, 1.807) is 6.20 Å². The van der Waals surface area contributed by atoms with E-state index >= 15 is 0 Å². The molecular weight excluding hydrogens is 344 g/mol. The molecule has 0 aliphatic heterocycles. The van der Waals surface area contributed by atoms with E-state index in [1.807, 2.05) is 23.6 Å². The number of benzene rings is 2. The molecule has 0 bridgehead atoms. The van der Waals surface area contributed by atoms with E-state index in [4.69, 9.17) is 5.73 Å². The van der Waals surface area contributed by atoms with Gasteiger partial charge in [0.25, 0.3) is 0 Å². The number of hydrogen-bond acceptors (Lipinski definition) is 7. The first-order chi connectivity index (χ1) is 12.8. The van der Waals surface area contributed by atoms with E-state index in [9.17, 15) is 0 Å². The Hall–Kier alpha value is -3.19. The van der Waals surface area contributed by atoms with Gasteiger partial charge in [0, 0.05) is 23.5 Å². The minimum Gasteiger partial charge on any atom is -0.393 e. The molecule has 3 N–H and O–H groups in total. The van der Waals surface area contributed by atoms with Crippen molar-refractivity contribution in [3.8, 4) is 0 Å². The summed E-state index contributed by atoms with van der Waals surface area (Å²) in [5, 5.41) is 8.14. The van der Waals surface area contributed by atoms with Crippen LogP contribution in [0.1, 0.15) is 6.92 Å². The average Bonchev–Trinajstić information content (AvgIpc) is 3.18. The Morgan fingerprint density at radius 3 is 2.73 bits per heavy atom. The van der Waals surface area contributed by atoms with E-state index in [2.05, 4.69) is 56.4 Å². The number of fused-ring (bicyclic) bond motifs is 1. The zero-order chi connectivity index (χ0) is 17.9. The number of rotatable bonds is 5. The van der Waals surface area contributed by atoms with Gasteiger partial charge in [-0.15, -0.1) is 11.3 Å². The van der Waals surface area contributed by atoms with Crippen LogP contribution in [-0.2, 0) is 0 Å². The predicted molar refractivity (Wildman–Crippen MR) is 108 cm³/mol. The zero-order valence-corrected chi connectivity index (χ0v) is 15.1. The molecule has 0 radical (unpaired) electrons. The maximum Gasteiger partial charge on any atom is 0.188 e. The number of nitrogens with one attached hydrogen (secondary N) is 1. The quantitative estimate of drug-likeness (QED) is 0.541. The molecule has 0 unspecified atom stereocenters. The molecule has 4 rings (SSSR count). The Balaban J connectivity index is 1.79. The van der Waals surface area contributed by atoms with Crippen LogP contribution in [0, 0.1) is 0 Å². The van der Waals surface area contributed by atoms with Gasteiger partial charge in [-0.25, -0.2) is 15.0 Å². The lowest BCUT2D eigenvalue weighted by Gasteiger charge is -2.25. The molecule has 2 aromatic heterocycles. The number of nitrogens with zero attached hydrogens (tertiary/aromatic N) is 4. The monoisotopic (exact) mass is 362 g/mol. The van der Waals surface area contributed by atoms with Crippen LogP contribution < -0.4 is 16.0 Å². The number of hydrogen-bond donors (Lipinski definition) is 2. The minimum atomic E-state index is 0.498. The highest BCUT2D eigenvalue weighted by Crippen LogP contribution is 2.36. The second-order valence-electron chi connectivity index (χ2n) is 5.66. The summed E-state index contributed by atoms with van der Waals surface area (Å²) in [6.07, 6.45) is 3.26. The van der Waals surface area contributed by atoms with E-state index in [1.165, 1.54) is 23.1 Å². The summed E-state index contributed by atoms with van der Waals surface area (Å²) in [5.74, 6) is 1.24. The Labute approximate surface area is 155 Å². The largest absolute Gasteiger partial charge is 0.393 e. The Kier molecular flexibility index (Phi) is 4.37. The topological polar surface area (TPSA) is 80.0 Å². The van der Waals surface area contributed by atoms with Crippen molar-refractivity contribution in [2.24, 2.45) is 0 Å². The summed E-state index contributed by atoms with van der Waals surface area (Å²) < 4.78 is 0. The van der Waals surface area contributed by atoms with Crippen LogP contribution in [0.5, 0.6) is 0 Å². The number of thiazole rings is 1. The van der Waals surface area contributed by atoms with Crippen LogP contribution in [0.15, 0.2) is 60.4 Å². The third kappa shape index (κ3) is 2.93. The van der Waals surface area contributed by atoms with E-state index in [0.29, 0.717) is 17.3 Å². The van der Waals surface area contributed by atoms with Gasteiger partial charge >= 0.3 is 0 Å². The molecule has 6 nitrogen and oxygen atoms in total. The summed E-state index contributed by atoms with van der Waals surface area (Å²) in [6, 6.07) is 14.5. The van der Waals surface area contributed by atoms with E-state index in [-0.39, 0.29) is 0 Å². The highest BCUT2D eigenvalue weighted by molar-refractivity contribution is 7.13. The van der Waals surface area contributed by atoms with Crippen molar-refractivity contribution >= 4 is 50.3 Å². The first-order valence-electron chi connectivity index (χ1n) is 8.30. The number of nitrogens with two attached hydrogens (primary N) is 1. The van der Waals surface area contributed by atoms with Crippen LogP contribution in [0.4, 0.5) is 28.1 Å². The predicted octanol–water partition coefficient (Wildman–Crippen LogP) is 4.57. The van der Waals surface area contributed by atoms with Crippen molar-refractivity contribution in [3.05, 3.63) is 60.4 Å². The van der Waals surface area contributed by atoms with E-state index < -0.39 is 0 Å². The molecule has 0 fully saturated rings. The Bertz CT molecular complexity index is 1030. The number of nitrogen functional groups attached to an aromatic ring is 1. The molecule has 0 aliphatic rings. The summed E-state index contributed by atoms with van der Waals surface area (Å²) in [4.78, 5) is 15.1. The summed E-state index contributed by atoms with van der Waals surface area (Å²) in [5.41, 5.74) is 7.97. The lowest BCUT2D eigenvalue weighted by Crippen LogP contribution is -2.20. The molecule has 0 atom stereocenters. The van der Waals surface area contributed by atoms with Gasteiger partial charge in [0.05, 0.1) is 5.69 Å². The molecular formula is C19H18N6S. The molecule has 26 heavy (non-hydrogen) atoms. The fourth-order valence-corrected chi connectivity index (χ4v) is 3.49. The highest BCUT2D eigenvalue weighted by Gasteiger charge is 2.17. The molecule has 4 aromatic rings. The fraction of sp³-hybridized carbons (Fsp3) is 0.105. The van der Waals surface area contributed by atoms with E-state index in [0.717, 1.165) is 22.7 Å². The molecule has 2 heterocycles. The van der Waals surface area contributed by atoms with Crippen molar-refractivity contribution in [1.82, 2.24) is 15.0 Å². The van der Waals surface area contributed by atoms with Gasteiger partial charge in [0.15, 0.2) is 16.8 Å². The SMILES string of the molecule is CCN(c1ncnc(Nc2nccs2)c1N)c1cccc2ccccc12. The average molecular weight is 362 g/mol. The second kappa shape index (κ2) is 6.97. The fourth-order valence-electron chi connectivity index (χ4n) is 2.97. The lowest BCUT2D eigenvalue weighted by atomic mass is 10.1. The van der Waals surface area contributed by atoms with Crippen LogP contribution in [0.25, 0.3) is 10.8 Å². The summed E-state index contributed by atoms with van der Waals surface area (Å²) >= 11 is 1.49. The van der Waals surface area contributed by atoms with Crippen molar-refractivity contribution in [2.75, 3.05) is 22.5 Å². The van der Waals surface area contributed by atoms with Gasteiger partial charge in [-0.1, -0.05) is 36.4 Å². The molecule has 0 amide bonds. The maximum absolute atomic E-state index is 6.41. The Morgan fingerprint density at radius 1 is 1.08 bits per heavy atom. The van der Waals surface area contributed by atoms with Crippen LogP contribution in [0.2, 0.25) is 0 Å². The van der Waals surface area contributed by atoms with Crippen LogP contribution >= 0.6 is 11.3 Å². The summed E-state index contributed by atoms with van der Waals surface area (Å²) in [6.45, 7) is 2.81. The van der Waals surface area contributed by atoms with Crippen LogP contribution in [-0.4, -0.2) is 21.5 Å². The molecule has 0 spiro atoms. The third-order valence-electron chi connectivity index (χ3n) is 4.15. The maximum atomic E-state index is 6.41. The second-order valence-corrected chi connectivity index (χ2v) is 6.56. The molecule has 130 valence electrons. The first kappa shape index (κ1) is 16.3. The van der Waals surface area contributed by atoms with Crippen molar-refractivity contribution in [1.29, 1.82) is 0 Å². The van der Waals surface area contributed by atoms with Crippen molar-refractivity contribution < 1.29 is 0 Å². The number of anilines is 5. The van der Waals surface area contributed by atoms with Gasteiger partial charge in [-0.2, -0.15) is 0 Å². The van der Waals surface area contributed by atoms with Gasteiger partial charge < -0.3 is 16.0 Å². The standard InChI is InChI=1S/C19H18N6S/c1-2-25(15-9-5-7-13-6-3-4-8-14(13)15)18-16(20)17(22-12-23-18)24-19-21-10-11-26-19/h3-12H,2,20H2,1H3,(H,21,22,23,24). The molecule has 7 heteroatoms. The Morgan fingerprint density at radius 2 is 1.92 bits per heavy atom. The van der Waals surface area contributed by atoms with Crippen molar-refractivity contribution in [3.63, 3.8) is 0 Å². The third-order valence-corrected chi connectivity index (χ3v) is 4.84. The smallest absolute Gasteiger partial charge is 0.188 e. The zero-order valence-electron chi connectivity index (χ0n) is 14.3. The normalized spacial score (nSPS) is 10.8. The highest BCUT2D eigenvalue weighted by atomic mass is 32.1. The van der Waals surface area contributed by atoms with Crippen molar-refractivity contribution in [2.45, 2.75) is 6.92 Å². The molecule has 0 aliphatic carbocycles. The first-order valence-corrected chi connectivity index (χ1v) is 9.18. The summed E-state index contributed by atoms with van der Waals surface area (Å²) in [7, 11) is 0. The molecule has 2 aromatic carbocycles. The van der Waals surface area contributed by atoms with Gasteiger partial charge in [-0.05, 0) is 18.4 Å².